The molecule has 1 aliphatic rings. The first-order chi connectivity index (χ1) is 6.74. The van der Waals surface area contributed by atoms with E-state index >= 15 is 0 Å². The van der Waals surface area contributed by atoms with Crippen molar-refractivity contribution in [1.82, 2.24) is 0 Å². The summed E-state index contributed by atoms with van der Waals surface area (Å²) in [4.78, 5) is 11.9. The van der Waals surface area contributed by atoms with E-state index in [9.17, 15) is 4.79 Å². The lowest BCUT2D eigenvalue weighted by molar-refractivity contribution is 0.0930. The van der Waals surface area contributed by atoms with E-state index < -0.39 is 0 Å². The number of ketones is 1. The Balaban J connectivity index is 2.35. The summed E-state index contributed by atoms with van der Waals surface area (Å²) in [6.07, 6.45) is 2.87. The first-order valence-corrected chi connectivity index (χ1v) is 5.43. The second-order valence-corrected chi connectivity index (χ2v) is 4.23. The van der Waals surface area contributed by atoms with Gasteiger partial charge in [0.15, 0.2) is 5.78 Å². The fourth-order valence-corrected chi connectivity index (χ4v) is 2.39. The number of carbonyl (C=O) groups excluding carboxylic acids is 1. The van der Waals surface area contributed by atoms with Gasteiger partial charge in [-0.1, -0.05) is 37.1 Å². The number of hydrogen-bond donors (Lipinski definition) is 0. The molecule has 1 atom stereocenters. The summed E-state index contributed by atoms with van der Waals surface area (Å²) in [5, 5.41) is 0.745. The lowest BCUT2D eigenvalue weighted by Gasteiger charge is -2.03. The molecule has 1 aliphatic carbocycles. The Morgan fingerprint density at radius 3 is 2.93 bits per heavy atom. The smallest absolute Gasteiger partial charge is 0.166 e. The Kier molecular flexibility index (Phi) is 2.60. The SMILES string of the molecule is CCCC1Cc2c(Cl)cccc2C1=O. The first kappa shape index (κ1) is 9.72. The number of hydrogen-bond acceptors (Lipinski definition) is 1. The summed E-state index contributed by atoms with van der Waals surface area (Å²) in [6, 6.07) is 5.61. The van der Waals surface area contributed by atoms with Gasteiger partial charge in [-0.2, -0.15) is 0 Å². The molecule has 1 aromatic rings. The first-order valence-electron chi connectivity index (χ1n) is 5.05. The second-order valence-electron chi connectivity index (χ2n) is 3.82. The third kappa shape index (κ3) is 1.46. The molecule has 14 heavy (non-hydrogen) atoms. The van der Waals surface area contributed by atoms with Gasteiger partial charge in [0.05, 0.1) is 0 Å². The molecular formula is C12H13ClO. The molecule has 74 valence electrons. The number of halogens is 1. The minimum absolute atomic E-state index is 0.176. The largest absolute Gasteiger partial charge is 0.294 e. The van der Waals surface area contributed by atoms with Crippen LogP contribution in [0.4, 0.5) is 0 Å². The highest BCUT2D eigenvalue weighted by molar-refractivity contribution is 6.32. The van der Waals surface area contributed by atoms with Crippen LogP contribution in [0.25, 0.3) is 0 Å². The normalized spacial score (nSPS) is 19.9. The monoisotopic (exact) mass is 208 g/mol. The molecule has 2 rings (SSSR count). The van der Waals surface area contributed by atoms with E-state index in [2.05, 4.69) is 6.92 Å². The zero-order chi connectivity index (χ0) is 10.1. The topological polar surface area (TPSA) is 17.1 Å². The van der Waals surface area contributed by atoms with Crippen molar-refractivity contribution in [3.8, 4) is 0 Å². The van der Waals surface area contributed by atoms with Gasteiger partial charge in [-0.25, -0.2) is 0 Å². The molecule has 0 amide bonds. The number of benzene rings is 1. The summed E-state index contributed by atoms with van der Waals surface area (Å²) >= 11 is 6.05. The maximum absolute atomic E-state index is 11.9. The molecule has 0 radical (unpaired) electrons. The average molecular weight is 209 g/mol. The van der Waals surface area contributed by atoms with Crippen molar-refractivity contribution in [2.24, 2.45) is 5.92 Å². The van der Waals surface area contributed by atoms with Crippen LogP contribution < -0.4 is 0 Å². The summed E-state index contributed by atoms with van der Waals surface area (Å²) in [7, 11) is 0. The number of carbonyl (C=O) groups is 1. The third-order valence-corrected chi connectivity index (χ3v) is 3.20. The maximum Gasteiger partial charge on any atom is 0.166 e. The molecule has 2 heteroatoms. The predicted octanol–water partition coefficient (Wildman–Crippen LogP) is 3.50. The lowest BCUT2D eigenvalue weighted by Crippen LogP contribution is -2.07. The summed E-state index contributed by atoms with van der Waals surface area (Å²) in [5.74, 6) is 0.458. The zero-order valence-electron chi connectivity index (χ0n) is 8.22. The summed E-state index contributed by atoms with van der Waals surface area (Å²) in [6.45, 7) is 2.11. The molecule has 0 bridgehead atoms. The Hall–Kier alpha value is -0.820. The van der Waals surface area contributed by atoms with Crippen LogP contribution in [0.3, 0.4) is 0 Å². The van der Waals surface area contributed by atoms with Crippen LogP contribution in [0.1, 0.15) is 35.7 Å². The second kappa shape index (κ2) is 3.74. The zero-order valence-corrected chi connectivity index (χ0v) is 8.97. The fourth-order valence-electron chi connectivity index (χ4n) is 2.14. The van der Waals surface area contributed by atoms with Crippen LogP contribution >= 0.6 is 11.6 Å². The number of Topliss-reactive ketones (excluding diaryl/α,β-unsaturated/α-hetero) is 1. The lowest BCUT2D eigenvalue weighted by atomic mass is 10.00. The molecule has 1 unspecified atom stereocenters. The highest BCUT2D eigenvalue weighted by Crippen LogP contribution is 2.33. The Labute approximate surface area is 89.1 Å². The van der Waals surface area contributed by atoms with Crippen molar-refractivity contribution in [2.75, 3.05) is 0 Å². The van der Waals surface area contributed by atoms with E-state index in [1.54, 1.807) is 0 Å². The predicted molar refractivity (Wildman–Crippen MR) is 57.9 cm³/mol. The minimum Gasteiger partial charge on any atom is -0.294 e. The number of rotatable bonds is 2. The van der Waals surface area contributed by atoms with Crippen LogP contribution in [0.5, 0.6) is 0 Å². The fraction of sp³-hybridized carbons (Fsp3) is 0.417. The highest BCUT2D eigenvalue weighted by Gasteiger charge is 2.30. The molecule has 0 aromatic heterocycles. The molecule has 1 nitrogen and oxygen atoms in total. The van der Waals surface area contributed by atoms with Crippen molar-refractivity contribution in [2.45, 2.75) is 26.2 Å². The Morgan fingerprint density at radius 1 is 1.50 bits per heavy atom. The highest BCUT2D eigenvalue weighted by atomic mass is 35.5. The van der Waals surface area contributed by atoms with Gasteiger partial charge < -0.3 is 0 Å². The molecule has 0 N–H and O–H groups in total. The van der Waals surface area contributed by atoms with Crippen molar-refractivity contribution in [3.63, 3.8) is 0 Å². The van der Waals surface area contributed by atoms with Crippen molar-refractivity contribution in [1.29, 1.82) is 0 Å². The molecule has 0 fully saturated rings. The average Bonchev–Trinajstić information content (AvgIpc) is 2.48. The van der Waals surface area contributed by atoms with Gasteiger partial charge in [0.1, 0.15) is 0 Å². The van der Waals surface area contributed by atoms with E-state index in [0.29, 0.717) is 0 Å². The van der Waals surface area contributed by atoms with E-state index in [1.165, 1.54) is 0 Å². The van der Waals surface area contributed by atoms with E-state index in [0.717, 1.165) is 35.4 Å². The molecular weight excluding hydrogens is 196 g/mol. The summed E-state index contributed by atoms with van der Waals surface area (Å²) in [5.41, 5.74) is 1.90. The van der Waals surface area contributed by atoms with Crippen LogP contribution in [0.2, 0.25) is 5.02 Å². The van der Waals surface area contributed by atoms with Gasteiger partial charge in [0, 0.05) is 16.5 Å². The molecule has 0 heterocycles. The van der Waals surface area contributed by atoms with Crippen LogP contribution in [-0.2, 0) is 6.42 Å². The van der Waals surface area contributed by atoms with Gasteiger partial charge in [0.25, 0.3) is 0 Å². The quantitative estimate of drug-likeness (QED) is 0.727. The Morgan fingerprint density at radius 2 is 2.29 bits per heavy atom. The molecule has 0 saturated carbocycles. The van der Waals surface area contributed by atoms with E-state index in [-0.39, 0.29) is 11.7 Å². The van der Waals surface area contributed by atoms with Crippen molar-refractivity contribution >= 4 is 17.4 Å². The van der Waals surface area contributed by atoms with Gasteiger partial charge >= 0.3 is 0 Å². The van der Waals surface area contributed by atoms with Crippen LogP contribution in [0, 0.1) is 5.92 Å². The van der Waals surface area contributed by atoms with E-state index in [4.69, 9.17) is 11.6 Å². The van der Waals surface area contributed by atoms with Gasteiger partial charge in [0.2, 0.25) is 0 Å². The Bertz CT molecular complexity index is 371. The van der Waals surface area contributed by atoms with Gasteiger partial charge in [-0.3, -0.25) is 4.79 Å². The molecule has 0 spiro atoms. The molecule has 0 saturated heterocycles. The van der Waals surface area contributed by atoms with Gasteiger partial charge in [-0.15, -0.1) is 0 Å². The molecule has 1 aromatic carbocycles. The molecule has 0 aliphatic heterocycles. The van der Waals surface area contributed by atoms with Crippen LogP contribution in [0.15, 0.2) is 18.2 Å². The maximum atomic E-state index is 11.9. The van der Waals surface area contributed by atoms with Crippen LogP contribution in [-0.4, -0.2) is 5.78 Å². The van der Waals surface area contributed by atoms with Crippen molar-refractivity contribution < 1.29 is 4.79 Å². The van der Waals surface area contributed by atoms with E-state index in [1.807, 2.05) is 18.2 Å². The standard InChI is InChI=1S/C12H13ClO/c1-2-4-8-7-10-9(12(8)14)5-3-6-11(10)13/h3,5-6,8H,2,4,7H2,1H3. The van der Waals surface area contributed by atoms with Gasteiger partial charge in [-0.05, 0) is 24.5 Å². The third-order valence-electron chi connectivity index (χ3n) is 2.84. The number of fused-ring (bicyclic) bond motifs is 1. The van der Waals surface area contributed by atoms with Crippen molar-refractivity contribution in [3.05, 3.63) is 34.3 Å². The summed E-state index contributed by atoms with van der Waals surface area (Å²) < 4.78 is 0. The minimum atomic E-state index is 0.176.